The molecule has 0 saturated carbocycles. The molecule has 1 aliphatic rings. The van der Waals surface area contributed by atoms with Crippen LogP contribution in [0.2, 0.25) is 0 Å². The van der Waals surface area contributed by atoms with Crippen LogP contribution in [0.4, 0.5) is 4.39 Å². The number of benzene rings is 1. The Bertz CT molecular complexity index is 919. The molecule has 4 rings (SSSR count). The highest BCUT2D eigenvalue weighted by Crippen LogP contribution is 2.22. The summed E-state index contributed by atoms with van der Waals surface area (Å²) in [5, 5.41) is 0. The van der Waals surface area contributed by atoms with Crippen LogP contribution in [0.3, 0.4) is 0 Å². The van der Waals surface area contributed by atoms with Gasteiger partial charge in [0.05, 0.1) is 16.8 Å². The Hall–Kier alpha value is -2.54. The van der Waals surface area contributed by atoms with E-state index in [1.54, 1.807) is 40.9 Å². The molecule has 2 amide bonds. The Labute approximate surface area is 147 Å². The van der Waals surface area contributed by atoms with Gasteiger partial charge in [-0.2, -0.15) is 0 Å². The van der Waals surface area contributed by atoms with E-state index in [0.29, 0.717) is 28.9 Å². The van der Waals surface area contributed by atoms with E-state index in [2.05, 4.69) is 4.98 Å². The summed E-state index contributed by atoms with van der Waals surface area (Å²) in [4.78, 5) is 30.1. The van der Waals surface area contributed by atoms with Crippen molar-refractivity contribution in [2.45, 2.75) is 6.42 Å². The summed E-state index contributed by atoms with van der Waals surface area (Å²) >= 11 is 0. The Balaban J connectivity index is 0.00000169. The first kappa shape index (κ1) is 16.3. The molecule has 0 spiro atoms. The average molecular weight is 390 g/mol. The van der Waals surface area contributed by atoms with Crippen LogP contribution < -0.4 is 0 Å². The molecule has 0 radical (unpaired) electrons. The summed E-state index contributed by atoms with van der Waals surface area (Å²) in [7, 11) is 0. The van der Waals surface area contributed by atoms with E-state index in [9.17, 15) is 14.0 Å². The molecule has 1 aromatic carbocycles. The molecule has 5 nitrogen and oxygen atoms in total. The van der Waals surface area contributed by atoms with Crippen LogP contribution in [-0.4, -0.2) is 32.6 Å². The van der Waals surface area contributed by atoms with Gasteiger partial charge in [0.2, 0.25) is 0 Å². The first-order valence-corrected chi connectivity index (χ1v) is 7.22. The molecule has 0 aliphatic carbocycles. The maximum atomic E-state index is 13.2. The van der Waals surface area contributed by atoms with E-state index in [1.165, 1.54) is 17.2 Å². The van der Waals surface area contributed by atoms with Crippen LogP contribution in [0, 0.1) is 5.82 Å². The smallest absolute Gasteiger partial charge is 0.261 e. The lowest BCUT2D eigenvalue weighted by Gasteiger charge is -2.12. The lowest BCUT2D eigenvalue weighted by atomic mass is 10.1. The molecule has 1 aliphatic heterocycles. The van der Waals surface area contributed by atoms with Crippen molar-refractivity contribution in [2.24, 2.45) is 0 Å². The second kappa shape index (κ2) is 6.16. The van der Waals surface area contributed by atoms with Crippen molar-refractivity contribution >= 4 is 34.4 Å². The maximum absolute atomic E-state index is 13.2. The Morgan fingerprint density at radius 1 is 0.958 bits per heavy atom. The van der Waals surface area contributed by atoms with Gasteiger partial charge in [-0.05, 0) is 24.3 Å². The molecule has 3 aromatic rings. The Morgan fingerprint density at radius 2 is 1.62 bits per heavy atom. The second-order valence-electron chi connectivity index (χ2n) is 5.40. The van der Waals surface area contributed by atoms with Gasteiger partial charge < -0.3 is 4.40 Å². The molecule has 0 atom stereocenters. The van der Waals surface area contributed by atoms with Gasteiger partial charge in [-0.1, -0.05) is 12.1 Å². The predicted octanol–water partition coefficient (Wildman–Crippen LogP) is 2.89. The van der Waals surface area contributed by atoms with Crippen molar-refractivity contribution in [1.82, 2.24) is 14.3 Å². The number of carbonyl (C=O) groups excluding carboxylic acids is 2. The van der Waals surface area contributed by atoms with Crippen LogP contribution in [0.1, 0.15) is 26.4 Å². The summed E-state index contributed by atoms with van der Waals surface area (Å²) in [5.41, 5.74) is 2.21. The van der Waals surface area contributed by atoms with Crippen LogP contribution in [0.5, 0.6) is 0 Å². The van der Waals surface area contributed by atoms with Gasteiger partial charge in [-0.3, -0.25) is 14.5 Å². The average Bonchev–Trinajstić information content (AvgIpc) is 3.06. The van der Waals surface area contributed by atoms with Crippen molar-refractivity contribution in [3.8, 4) is 0 Å². The summed E-state index contributed by atoms with van der Waals surface area (Å²) in [5.74, 6) is -0.900. The lowest BCUT2D eigenvalue weighted by molar-refractivity contribution is 0.0656. The van der Waals surface area contributed by atoms with Gasteiger partial charge in [0.1, 0.15) is 11.5 Å². The minimum Gasteiger partial charge on any atom is -0.304 e. The fourth-order valence-electron chi connectivity index (χ4n) is 2.81. The third-order valence-electron chi connectivity index (χ3n) is 3.93. The number of fused-ring (bicyclic) bond motifs is 2. The molecule has 2 aromatic heterocycles. The van der Waals surface area contributed by atoms with E-state index in [0.717, 1.165) is 0 Å². The minimum absolute atomic E-state index is 0. The van der Waals surface area contributed by atoms with Crippen molar-refractivity contribution in [3.05, 3.63) is 71.4 Å². The first-order chi connectivity index (χ1) is 11.1. The number of pyridine rings is 1. The van der Waals surface area contributed by atoms with Crippen LogP contribution in [0.15, 0.2) is 48.8 Å². The Morgan fingerprint density at radius 3 is 2.29 bits per heavy atom. The van der Waals surface area contributed by atoms with Crippen LogP contribution in [-0.2, 0) is 6.42 Å². The highest BCUT2D eigenvalue weighted by molar-refractivity contribution is 8.93. The van der Waals surface area contributed by atoms with E-state index in [4.69, 9.17) is 0 Å². The second-order valence-corrected chi connectivity index (χ2v) is 5.40. The number of halogens is 2. The number of amides is 2. The molecular weight excluding hydrogens is 377 g/mol. The van der Waals surface area contributed by atoms with Gasteiger partial charge in [0.25, 0.3) is 11.8 Å². The first-order valence-electron chi connectivity index (χ1n) is 7.22. The van der Waals surface area contributed by atoms with Crippen molar-refractivity contribution in [3.63, 3.8) is 0 Å². The number of hydrogen-bond donors (Lipinski definition) is 0. The van der Waals surface area contributed by atoms with Gasteiger partial charge in [0.15, 0.2) is 0 Å². The summed E-state index contributed by atoms with van der Waals surface area (Å²) in [6.45, 7) is 0.249. The molecule has 0 saturated heterocycles. The normalized spacial score (nSPS) is 13.3. The highest BCUT2D eigenvalue weighted by atomic mass is 79.9. The van der Waals surface area contributed by atoms with Gasteiger partial charge in [-0.15, -0.1) is 17.0 Å². The molecule has 0 unspecified atom stereocenters. The summed E-state index contributed by atoms with van der Waals surface area (Å²) < 4.78 is 14.8. The quantitative estimate of drug-likeness (QED) is 0.647. The minimum atomic E-state index is -0.346. The van der Waals surface area contributed by atoms with Crippen molar-refractivity contribution < 1.29 is 14.0 Å². The largest absolute Gasteiger partial charge is 0.304 e. The highest BCUT2D eigenvalue weighted by Gasteiger charge is 2.34. The third-order valence-corrected chi connectivity index (χ3v) is 3.93. The molecule has 3 heterocycles. The van der Waals surface area contributed by atoms with Crippen molar-refractivity contribution in [1.29, 1.82) is 0 Å². The van der Waals surface area contributed by atoms with Gasteiger partial charge in [0, 0.05) is 25.4 Å². The molecular formula is C17H13BrFN3O2. The Kier molecular flexibility index (Phi) is 4.19. The number of rotatable bonds is 3. The zero-order valence-electron chi connectivity index (χ0n) is 12.5. The standard InChI is InChI=1S/C17H12FN3O2.BrH/c18-11-5-6-15-19-12(10-20(15)9-11)7-8-21-16(22)13-3-1-2-4-14(13)17(21)23;/h1-6,9-10H,7-8H2;1H. The van der Waals surface area contributed by atoms with Crippen LogP contribution >= 0.6 is 17.0 Å². The third kappa shape index (κ3) is 2.60. The van der Waals surface area contributed by atoms with Gasteiger partial charge in [-0.25, -0.2) is 9.37 Å². The molecule has 0 N–H and O–H groups in total. The fourth-order valence-corrected chi connectivity index (χ4v) is 2.81. The number of hydrogen-bond acceptors (Lipinski definition) is 3. The molecule has 0 fully saturated rings. The monoisotopic (exact) mass is 389 g/mol. The summed E-state index contributed by atoms with van der Waals surface area (Å²) in [6.07, 6.45) is 3.47. The lowest BCUT2D eigenvalue weighted by Crippen LogP contribution is -2.31. The van der Waals surface area contributed by atoms with E-state index in [-0.39, 0.29) is 41.2 Å². The fraction of sp³-hybridized carbons (Fsp3) is 0.118. The summed E-state index contributed by atoms with van der Waals surface area (Å²) in [6, 6.07) is 9.72. The zero-order valence-corrected chi connectivity index (χ0v) is 14.2. The van der Waals surface area contributed by atoms with E-state index < -0.39 is 0 Å². The number of nitrogens with zero attached hydrogens (tertiary/aromatic N) is 3. The topological polar surface area (TPSA) is 54.7 Å². The number of carbonyl (C=O) groups is 2. The van der Waals surface area contributed by atoms with Gasteiger partial charge >= 0.3 is 0 Å². The molecule has 122 valence electrons. The number of aromatic nitrogens is 2. The molecule has 0 bridgehead atoms. The maximum Gasteiger partial charge on any atom is 0.261 e. The van der Waals surface area contributed by atoms with E-state index in [1.807, 2.05) is 0 Å². The SMILES string of the molecule is Br.O=C1c2ccccc2C(=O)N1CCc1cn2cc(F)ccc2n1. The van der Waals surface area contributed by atoms with E-state index >= 15 is 0 Å². The zero-order chi connectivity index (χ0) is 16.0. The van der Waals surface area contributed by atoms with Crippen molar-refractivity contribution in [2.75, 3.05) is 6.54 Å². The number of imide groups is 1. The predicted molar refractivity (Wildman–Crippen MR) is 91.0 cm³/mol. The van der Waals surface area contributed by atoms with Crippen LogP contribution in [0.25, 0.3) is 5.65 Å². The molecule has 7 heteroatoms. The molecule has 24 heavy (non-hydrogen) atoms. The number of imidazole rings is 1.